The van der Waals surface area contributed by atoms with Gasteiger partial charge in [0.15, 0.2) is 0 Å². The molecule has 0 bridgehead atoms. The smallest absolute Gasteiger partial charge is 0.258 e. The number of nitrogens with one attached hydrogen (secondary N) is 1. The van der Waals surface area contributed by atoms with Crippen LogP contribution < -0.4 is 5.73 Å². The molecule has 4 heteroatoms. The maximum atomic E-state index is 10.2. The van der Waals surface area contributed by atoms with E-state index in [-0.39, 0.29) is 12.2 Å². The Morgan fingerprint density at radius 1 is 1.55 bits per heavy atom. The van der Waals surface area contributed by atoms with Gasteiger partial charge in [0.25, 0.3) is 5.69 Å². The number of rotatable bonds is 2. The Kier molecular flexibility index (Phi) is 2.18. The van der Waals surface area contributed by atoms with Gasteiger partial charge in [0.05, 0.1) is 4.92 Å². The second-order valence-electron chi connectivity index (χ2n) is 2.10. The summed E-state index contributed by atoms with van der Waals surface area (Å²) >= 11 is 0. The Labute approximate surface area is 63.8 Å². The summed E-state index contributed by atoms with van der Waals surface area (Å²) in [6.45, 7) is 0.0850. The average Bonchev–Trinajstić information content (AvgIpc) is 2.05. The molecule has 0 amide bonds. The van der Waals surface area contributed by atoms with Gasteiger partial charge < -0.3 is 0 Å². The van der Waals surface area contributed by atoms with Crippen molar-refractivity contribution < 1.29 is 4.92 Å². The molecular formula is C7H7N2O2. The van der Waals surface area contributed by atoms with Crippen molar-refractivity contribution in [2.45, 2.75) is 6.54 Å². The molecule has 0 aliphatic carbocycles. The van der Waals surface area contributed by atoms with Gasteiger partial charge in [-0.3, -0.25) is 15.8 Å². The normalized spacial score (nSPS) is 9.55. The van der Waals surface area contributed by atoms with Crippen LogP contribution in [0.15, 0.2) is 24.3 Å². The van der Waals surface area contributed by atoms with Crippen LogP contribution in [0.1, 0.15) is 5.56 Å². The van der Waals surface area contributed by atoms with Crippen molar-refractivity contribution in [3.05, 3.63) is 39.9 Å². The number of benzene rings is 1. The molecule has 0 saturated carbocycles. The lowest BCUT2D eigenvalue weighted by Gasteiger charge is -1.93. The van der Waals surface area contributed by atoms with Gasteiger partial charge in [-0.25, -0.2) is 0 Å². The van der Waals surface area contributed by atoms with E-state index in [9.17, 15) is 10.1 Å². The predicted octanol–water partition coefficient (Wildman–Crippen LogP) is 1.38. The highest BCUT2D eigenvalue weighted by Crippen LogP contribution is 2.12. The highest BCUT2D eigenvalue weighted by molar-refractivity contribution is 5.33. The Morgan fingerprint density at radius 3 is 2.82 bits per heavy atom. The summed E-state index contributed by atoms with van der Waals surface area (Å²) in [5.41, 5.74) is 7.68. The monoisotopic (exact) mass is 151 g/mol. The number of nitrogens with zero attached hydrogens (tertiary/aromatic N) is 1. The van der Waals surface area contributed by atoms with Crippen LogP contribution in [0.4, 0.5) is 5.69 Å². The van der Waals surface area contributed by atoms with Crippen LogP contribution in [-0.4, -0.2) is 4.92 Å². The van der Waals surface area contributed by atoms with Crippen molar-refractivity contribution >= 4 is 5.69 Å². The van der Waals surface area contributed by atoms with E-state index in [0.29, 0.717) is 5.56 Å². The first-order chi connectivity index (χ1) is 5.24. The topological polar surface area (TPSA) is 66.9 Å². The lowest BCUT2D eigenvalue weighted by atomic mass is 10.2. The van der Waals surface area contributed by atoms with Crippen molar-refractivity contribution in [2.75, 3.05) is 0 Å². The van der Waals surface area contributed by atoms with Gasteiger partial charge in [-0.05, 0) is 5.56 Å². The van der Waals surface area contributed by atoms with Crippen molar-refractivity contribution in [3.8, 4) is 0 Å². The van der Waals surface area contributed by atoms with E-state index in [1.165, 1.54) is 12.1 Å². The lowest BCUT2D eigenvalue weighted by Crippen LogP contribution is -1.90. The van der Waals surface area contributed by atoms with Crippen LogP contribution in [0.25, 0.3) is 0 Å². The minimum atomic E-state index is -0.459. The molecule has 0 saturated heterocycles. The van der Waals surface area contributed by atoms with E-state index in [4.69, 9.17) is 5.73 Å². The van der Waals surface area contributed by atoms with Gasteiger partial charge in [0.1, 0.15) is 0 Å². The van der Waals surface area contributed by atoms with Gasteiger partial charge in [-0.1, -0.05) is 12.1 Å². The number of nitro groups is 1. The molecule has 1 N–H and O–H groups in total. The molecule has 57 valence electrons. The molecule has 0 heterocycles. The van der Waals surface area contributed by atoms with Crippen molar-refractivity contribution in [1.82, 2.24) is 5.73 Å². The van der Waals surface area contributed by atoms with E-state index in [0.717, 1.165) is 0 Å². The van der Waals surface area contributed by atoms with Gasteiger partial charge in [0.2, 0.25) is 0 Å². The first-order valence-electron chi connectivity index (χ1n) is 3.12. The summed E-state index contributed by atoms with van der Waals surface area (Å²) in [7, 11) is 0. The molecule has 0 aromatic heterocycles. The summed E-state index contributed by atoms with van der Waals surface area (Å²) in [6.07, 6.45) is 0. The number of hydrogen-bond acceptors (Lipinski definition) is 2. The van der Waals surface area contributed by atoms with E-state index < -0.39 is 4.92 Å². The molecular weight excluding hydrogens is 144 g/mol. The fourth-order valence-corrected chi connectivity index (χ4v) is 0.780. The highest BCUT2D eigenvalue weighted by Gasteiger charge is 2.03. The molecule has 4 nitrogen and oxygen atoms in total. The van der Waals surface area contributed by atoms with E-state index in [1.807, 2.05) is 0 Å². The average molecular weight is 151 g/mol. The summed E-state index contributed by atoms with van der Waals surface area (Å²) in [5.74, 6) is 0. The minimum Gasteiger partial charge on any atom is -0.258 e. The van der Waals surface area contributed by atoms with Crippen LogP contribution in [0.5, 0.6) is 0 Å². The highest BCUT2D eigenvalue weighted by atomic mass is 16.6. The van der Waals surface area contributed by atoms with Gasteiger partial charge in [-0.2, -0.15) is 0 Å². The third-order valence-electron chi connectivity index (χ3n) is 1.33. The maximum Gasteiger partial charge on any atom is 0.269 e. The second-order valence-corrected chi connectivity index (χ2v) is 2.10. The zero-order valence-electron chi connectivity index (χ0n) is 5.78. The van der Waals surface area contributed by atoms with E-state index >= 15 is 0 Å². The van der Waals surface area contributed by atoms with E-state index in [2.05, 4.69) is 0 Å². The van der Waals surface area contributed by atoms with Crippen molar-refractivity contribution in [2.24, 2.45) is 0 Å². The molecule has 0 spiro atoms. The maximum absolute atomic E-state index is 10.2. The molecule has 1 aromatic rings. The molecule has 0 fully saturated rings. The van der Waals surface area contributed by atoms with Crippen LogP contribution in [0.2, 0.25) is 0 Å². The Hall–Kier alpha value is -1.42. The standard InChI is InChI=1S/C7H7N2O2/c8-5-6-2-1-3-7(4-6)9(10)11/h1-4,8H,5H2. The van der Waals surface area contributed by atoms with Crippen LogP contribution >= 0.6 is 0 Å². The predicted molar refractivity (Wildman–Crippen MR) is 39.9 cm³/mol. The fourth-order valence-electron chi connectivity index (χ4n) is 0.780. The van der Waals surface area contributed by atoms with Crippen LogP contribution in [-0.2, 0) is 6.54 Å². The molecule has 0 unspecified atom stereocenters. The second kappa shape index (κ2) is 3.12. The van der Waals surface area contributed by atoms with Crippen molar-refractivity contribution in [1.29, 1.82) is 0 Å². The molecule has 0 aliphatic rings. The zero-order chi connectivity index (χ0) is 8.27. The molecule has 1 rings (SSSR count). The molecule has 11 heavy (non-hydrogen) atoms. The SMILES string of the molecule is [NH]Cc1cccc([N+](=O)[O-])c1. The Morgan fingerprint density at radius 2 is 2.27 bits per heavy atom. The lowest BCUT2D eigenvalue weighted by molar-refractivity contribution is -0.384. The molecule has 1 aromatic carbocycles. The minimum absolute atomic E-state index is 0.0507. The third kappa shape index (κ3) is 1.75. The Bertz CT molecular complexity index is 273. The fraction of sp³-hybridized carbons (Fsp3) is 0.143. The van der Waals surface area contributed by atoms with Crippen LogP contribution in [0, 0.1) is 10.1 Å². The summed E-state index contributed by atoms with van der Waals surface area (Å²) in [4.78, 5) is 9.75. The summed E-state index contributed by atoms with van der Waals surface area (Å²) < 4.78 is 0. The van der Waals surface area contributed by atoms with Gasteiger partial charge >= 0.3 is 0 Å². The largest absolute Gasteiger partial charge is 0.269 e. The summed E-state index contributed by atoms with van der Waals surface area (Å²) in [6, 6.07) is 6.11. The molecule has 1 radical (unpaired) electrons. The molecule has 0 aliphatic heterocycles. The number of hydrogen-bond donors (Lipinski definition) is 0. The molecule has 0 atom stereocenters. The van der Waals surface area contributed by atoms with Gasteiger partial charge in [0, 0.05) is 18.7 Å². The third-order valence-corrected chi connectivity index (χ3v) is 1.33. The van der Waals surface area contributed by atoms with Gasteiger partial charge in [-0.15, -0.1) is 0 Å². The van der Waals surface area contributed by atoms with Crippen LogP contribution in [0.3, 0.4) is 0 Å². The summed E-state index contributed by atoms with van der Waals surface area (Å²) in [5, 5.41) is 10.2. The first-order valence-corrected chi connectivity index (χ1v) is 3.12. The Balaban J connectivity index is 3.01. The number of nitro benzene ring substituents is 1. The van der Waals surface area contributed by atoms with E-state index in [1.54, 1.807) is 12.1 Å². The number of non-ortho nitro benzene ring substituents is 1. The van der Waals surface area contributed by atoms with Crippen molar-refractivity contribution in [3.63, 3.8) is 0 Å². The zero-order valence-corrected chi connectivity index (χ0v) is 5.78. The first kappa shape index (κ1) is 7.68. The quantitative estimate of drug-likeness (QED) is 0.473.